The van der Waals surface area contributed by atoms with E-state index in [1.165, 1.54) is 17.5 Å². The highest BCUT2D eigenvalue weighted by molar-refractivity contribution is 7.22. The molecular formula is C18H13ClN4OS. The van der Waals surface area contributed by atoms with Crippen LogP contribution in [0.1, 0.15) is 15.9 Å². The highest BCUT2D eigenvalue weighted by atomic mass is 35.5. The maximum Gasteiger partial charge on any atom is 0.260 e. The van der Waals surface area contributed by atoms with Crippen LogP contribution in [-0.2, 0) is 0 Å². The molecule has 0 unspecified atom stereocenters. The number of halogens is 1. The largest absolute Gasteiger partial charge is 0.298 e. The maximum atomic E-state index is 12.5. The lowest BCUT2D eigenvalue weighted by atomic mass is 10.2. The van der Waals surface area contributed by atoms with Crippen LogP contribution in [-0.4, -0.2) is 20.7 Å². The second-order valence-corrected chi connectivity index (χ2v) is 6.96. The number of amides is 1. The van der Waals surface area contributed by atoms with E-state index in [1.54, 1.807) is 16.9 Å². The predicted octanol–water partition coefficient (Wildman–Crippen LogP) is 4.70. The van der Waals surface area contributed by atoms with Crippen LogP contribution in [0.4, 0.5) is 5.13 Å². The van der Waals surface area contributed by atoms with Crippen LogP contribution in [0.2, 0.25) is 5.02 Å². The third kappa shape index (κ3) is 3.01. The van der Waals surface area contributed by atoms with Gasteiger partial charge in [-0.3, -0.25) is 10.1 Å². The first kappa shape index (κ1) is 15.8. The van der Waals surface area contributed by atoms with Crippen LogP contribution in [0.15, 0.2) is 54.9 Å². The fourth-order valence-corrected chi connectivity index (χ4v) is 3.68. The summed E-state index contributed by atoms with van der Waals surface area (Å²) in [6, 6.07) is 13.3. The zero-order valence-electron chi connectivity index (χ0n) is 13.2. The Hall–Kier alpha value is -2.70. The number of nitrogens with one attached hydrogen (secondary N) is 1. The Bertz CT molecular complexity index is 1090. The minimum Gasteiger partial charge on any atom is -0.298 e. The molecule has 4 rings (SSSR count). The van der Waals surface area contributed by atoms with E-state index in [0.29, 0.717) is 15.7 Å². The number of aryl methyl sites for hydroxylation is 1. The van der Waals surface area contributed by atoms with Crippen molar-refractivity contribution >= 4 is 44.2 Å². The van der Waals surface area contributed by atoms with Crippen LogP contribution in [0.3, 0.4) is 0 Å². The number of carbonyl (C=O) groups excluding carboxylic acids is 1. The molecule has 2 aromatic carbocycles. The third-order valence-corrected chi connectivity index (χ3v) is 5.04. The van der Waals surface area contributed by atoms with Crippen LogP contribution < -0.4 is 5.32 Å². The second kappa shape index (κ2) is 6.31. The summed E-state index contributed by atoms with van der Waals surface area (Å²) in [6.07, 6.45) is 3.16. The number of nitrogens with zero attached hydrogens (tertiary/aromatic N) is 3. The van der Waals surface area contributed by atoms with E-state index >= 15 is 0 Å². The van der Waals surface area contributed by atoms with Crippen molar-refractivity contribution < 1.29 is 4.79 Å². The van der Waals surface area contributed by atoms with Gasteiger partial charge in [0.1, 0.15) is 0 Å². The molecule has 25 heavy (non-hydrogen) atoms. The van der Waals surface area contributed by atoms with Crippen molar-refractivity contribution in [3.8, 4) is 5.69 Å². The SMILES string of the molecule is Cc1cccc2sc(NC(=O)c3cnn(-c4ccccc4Cl)c3)nc12. The van der Waals surface area contributed by atoms with Crippen molar-refractivity contribution in [2.45, 2.75) is 6.92 Å². The van der Waals surface area contributed by atoms with Crippen LogP contribution in [0.25, 0.3) is 15.9 Å². The average molecular weight is 369 g/mol. The molecule has 0 spiro atoms. The molecule has 0 atom stereocenters. The van der Waals surface area contributed by atoms with Gasteiger partial charge in [-0.05, 0) is 30.7 Å². The van der Waals surface area contributed by atoms with Gasteiger partial charge in [0.2, 0.25) is 0 Å². The standard InChI is InChI=1S/C18H13ClN4OS/c1-11-5-4-8-15-16(11)21-18(25-15)22-17(24)12-9-20-23(10-12)14-7-3-2-6-13(14)19/h2-10H,1H3,(H,21,22,24). The predicted molar refractivity (Wildman–Crippen MR) is 101 cm³/mol. The van der Waals surface area contributed by atoms with E-state index in [0.717, 1.165) is 21.5 Å². The van der Waals surface area contributed by atoms with Gasteiger partial charge in [0.15, 0.2) is 5.13 Å². The molecule has 0 radical (unpaired) electrons. The number of carbonyl (C=O) groups is 1. The van der Waals surface area contributed by atoms with Crippen molar-refractivity contribution in [3.63, 3.8) is 0 Å². The lowest BCUT2D eigenvalue weighted by Crippen LogP contribution is -2.10. The summed E-state index contributed by atoms with van der Waals surface area (Å²) in [5.41, 5.74) is 3.16. The Kier molecular flexibility index (Phi) is 3.99. The monoisotopic (exact) mass is 368 g/mol. The maximum absolute atomic E-state index is 12.5. The molecule has 124 valence electrons. The zero-order valence-corrected chi connectivity index (χ0v) is 14.8. The molecule has 0 saturated carbocycles. The fourth-order valence-electron chi connectivity index (χ4n) is 2.52. The molecular weight excluding hydrogens is 356 g/mol. The minimum atomic E-state index is -0.255. The zero-order chi connectivity index (χ0) is 17.4. The van der Waals surface area contributed by atoms with Crippen molar-refractivity contribution in [2.75, 3.05) is 5.32 Å². The molecule has 4 aromatic rings. The lowest BCUT2D eigenvalue weighted by molar-refractivity contribution is 0.102. The van der Waals surface area contributed by atoms with E-state index in [2.05, 4.69) is 15.4 Å². The number of para-hydroxylation sites is 2. The van der Waals surface area contributed by atoms with Crippen molar-refractivity contribution in [1.29, 1.82) is 0 Å². The number of fused-ring (bicyclic) bond motifs is 1. The molecule has 0 aliphatic rings. The Morgan fingerprint density at radius 2 is 2.04 bits per heavy atom. The summed E-state index contributed by atoms with van der Waals surface area (Å²) < 4.78 is 2.63. The van der Waals surface area contributed by atoms with E-state index in [9.17, 15) is 4.79 Å². The number of thiazole rings is 1. The van der Waals surface area contributed by atoms with E-state index in [-0.39, 0.29) is 5.91 Å². The van der Waals surface area contributed by atoms with Crippen molar-refractivity contribution in [2.24, 2.45) is 0 Å². The van der Waals surface area contributed by atoms with Crippen molar-refractivity contribution in [1.82, 2.24) is 14.8 Å². The lowest BCUT2D eigenvalue weighted by Gasteiger charge is -2.02. The van der Waals surface area contributed by atoms with E-state index in [4.69, 9.17) is 11.6 Å². The molecule has 1 amide bonds. The summed E-state index contributed by atoms with van der Waals surface area (Å²) in [5.74, 6) is -0.255. The van der Waals surface area contributed by atoms with Crippen LogP contribution >= 0.6 is 22.9 Å². The Morgan fingerprint density at radius 1 is 1.20 bits per heavy atom. The number of hydrogen-bond donors (Lipinski definition) is 1. The smallest absolute Gasteiger partial charge is 0.260 e. The molecule has 0 aliphatic heterocycles. The highest BCUT2D eigenvalue weighted by Crippen LogP contribution is 2.28. The summed E-state index contributed by atoms with van der Waals surface area (Å²) in [5, 5.41) is 8.20. The molecule has 5 nitrogen and oxygen atoms in total. The number of aromatic nitrogens is 3. The molecule has 7 heteroatoms. The third-order valence-electron chi connectivity index (χ3n) is 3.79. The van der Waals surface area contributed by atoms with Gasteiger partial charge < -0.3 is 0 Å². The number of hydrogen-bond acceptors (Lipinski definition) is 4. The molecule has 0 saturated heterocycles. The molecule has 0 fully saturated rings. The first-order valence-corrected chi connectivity index (χ1v) is 8.78. The van der Waals surface area contributed by atoms with Crippen LogP contribution in [0.5, 0.6) is 0 Å². The number of rotatable bonds is 3. The summed E-state index contributed by atoms with van der Waals surface area (Å²) >= 11 is 7.62. The van der Waals surface area contributed by atoms with Crippen LogP contribution in [0, 0.1) is 6.92 Å². The number of benzene rings is 2. The van der Waals surface area contributed by atoms with Gasteiger partial charge in [0.25, 0.3) is 5.91 Å². The summed E-state index contributed by atoms with van der Waals surface area (Å²) in [6.45, 7) is 2.00. The Morgan fingerprint density at radius 3 is 2.84 bits per heavy atom. The molecule has 2 heterocycles. The first-order chi connectivity index (χ1) is 12.1. The van der Waals surface area contributed by atoms with Gasteiger partial charge in [-0.15, -0.1) is 0 Å². The van der Waals surface area contributed by atoms with E-state index < -0.39 is 0 Å². The summed E-state index contributed by atoms with van der Waals surface area (Å²) in [7, 11) is 0. The fraction of sp³-hybridized carbons (Fsp3) is 0.0556. The topological polar surface area (TPSA) is 59.8 Å². The average Bonchev–Trinajstić information content (AvgIpc) is 3.23. The molecule has 2 aromatic heterocycles. The van der Waals surface area contributed by atoms with Gasteiger partial charge in [0.05, 0.1) is 32.7 Å². The van der Waals surface area contributed by atoms with Gasteiger partial charge >= 0.3 is 0 Å². The quantitative estimate of drug-likeness (QED) is 0.570. The van der Waals surface area contributed by atoms with Gasteiger partial charge in [-0.25, -0.2) is 9.67 Å². The van der Waals surface area contributed by atoms with Gasteiger partial charge in [-0.1, -0.05) is 47.2 Å². The minimum absolute atomic E-state index is 0.255. The molecule has 1 N–H and O–H groups in total. The normalized spacial score (nSPS) is 11.0. The second-order valence-electron chi connectivity index (χ2n) is 5.52. The highest BCUT2D eigenvalue weighted by Gasteiger charge is 2.14. The number of anilines is 1. The summed E-state index contributed by atoms with van der Waals surface area (Å²) in [4.78, 5) is 17.0. The molecule has 0 aliphatic carbocycles. The Labute approximate surface area is 152 Å². The molecule has 0 bridgehead atoms. The Balaban J connectivity index is 1.59. The van der Waals surface area contributed by atoms with Gasteiger partial charge in [-0.2, -0.15) is 5.10 Å². The van der Waals surface area contributed by atoms with Gasteiger partial charge in [0, 0.05) is 6.20 Å². The van der Waals surface area contributed by atoms with E-state index in [1.807, 2.05) is 43.3 Å². The first-order valence-electron chi connectivity index (χ1n) is 7.59. The van der Waals surface area contributed by atoms with Crippen molar-refractivity contribution in [3.05, 3.63) is 71.0 Å².